The summed E-state index contributed by atoms with van der Waals surface area (Å²) in [6.07, 6.45) is 9.11. The van der Waals surface area contributed by atoms with Gasteiger partial charge in [0.25, 0.3) is 0 Å². The number of allylic oxidation sites excluding steroid dienone is 3. The van der Waals surface area contributed by atoms with Crippen molar-refractivity contribution in [2.24, 2.45) is 4.99 Å². The molecule has 2 heteroatoms. The van der Waals surface area contributed by atoms with Gasteiger partial charge in [-0.2, -0.15) is 0 Å². The van der Waals surface area contributed by atoms with Crippen molar-refractivity contribution in [2.45, 2.75) is 12.5 Å². The molecule has 0 radical (unpaired) electrons. The summed E-state index contributed by atoms with van der Waals surface area (Å²) in [5.41, 5.74) is 1.27. The molecule has 1 fully saturated rings. The lowest BCUT2D eigenvalue weighted by Crippen LogP contribution is -2.07. The third-order valence-electron chi connectivity index (χ3n) is 1.84. The van der Waals surface area contributed by atoms with Crippen LogP contribution in [0, 0.1) is 0 Å². The quantitative estimate of drug-likeness (QED) is 0.522. The highest BCUT2D eigenvalue weighted by Crippen LogP contribution is 2.15. The Morgan fingerprint density at radius 1 is 1.50 bits per heavy atom. The molecule has 10 heavy (non-hydrogen) atoms. The number of hydrogen-bond donors (Lipinski definition) is 1. The Kier molecular flexibility index (Phi) is 1.31. The molecule has 0 aromatic heterocycles. The Balaban J connectivity index is 2.29. The summed E-state index contributed by atoms with van der Waals surface area (Å²) in [7, 11) is 0. The van der Waals surface area contributed by atoms with Gasteiger partial charge in [-0.05, 0) is 18.6 Å². The maximum Gasteiger partial charge on any atom is 0.0910 e. The van der Waals surface area contributed by atoms with Crippen molar-refractivity contribution in [3.63, 3.8) is 0 Å². The van der Waals surface area contributed by atoms with Gasteiger partial charge in [0.2, 0.25) is 0 Å². The van der Waals surface area contributed by atoms with Crippen LogP contribution in [0.5, 0.6) is 0 Å². The van der Waals surface area contributed by atoms with Gasteiger partial charge in [-0.1, -0.05) is 6.08 Å². The molecular formula is C8H10N2. The average Bonchev–Trinajstić information content (AvgIpc) is 2.28. The zero-order valence-corrected chi connectivity index (χ0v) is 5.75. The minimum atomic E-state index is 0.412. The number of rotatable bonds is 0. The molecule has 0 aromatic carbocycles. The SMILES string of the molecule is C1=CC=C2NCCC2N=C1. The number of aliphatic imine (C=N–C) groups is 1. The summed E-state index contributed by atoms with van der Waals surface area (Å²) in [6, 6.07) is 0.412. The van der Waals surface area contributed by atoms with E-state index in [4.69, 9.17) is 0 Å². The molecule has 0 saturated carbocycles. The minimum absolute atomic E-state index is 0.412. The van der Waals surface area contributed by atoms with Gasteiger partial charge in [0.05, 0.1) is 6.04 Å². The molecule has 52 valence electrons. The predicted octanol–water partition coefficient (Wildman–Crippen LogP) is 0.873. The summed E-state index contributed by atoms with van der Waals surface area (Å²) in [6.45, 7) is 1.07. The van der Waals surface area contributed by atoms with Crippen molar-refractivity contribution < 1.29 is 0 Å². The van der Waals surface area contributed by atoms with E-state index in [1.807, 2.05) is 18.4 Å². The van der Waals surface area contributed by atoms with Gasteiger partial charge in [0, 0.05) is 18.5 Å². The highest BCUT2D eigenvalue weighted by Gasteiger charge is 2.18. The molecule has 2 aliphatic heterocycles. The zero-order valence-electron chi connectivity index (χ0n) is 5.75. The summed E-state index contributed by atoms with van der Waals surface area (Å²) >= 11 is 0. The van der Waals surface area contributed by atoms with Crippen molar-refractivity contribution in [1.82, 2.24) is 5.32 Å². The molecule has 2 rings (SSSR count). The van der Waals surface area contributed by atoms with Crippen molar-refractivity contribution in [2.75, 3.05) is 6.54 Å². The highest BCUT2D eigenvalue weighted by molar-refractivity contribution is 5.72. The standard InChI is InChI=1S/C8H10N2/c1-2-5-9-8-4-6-10-7(8)3-1/h1-3,5,8,10H,4,6H2. The normalized spacial score (nSPS) is 28.8. The summed E-state index contributed by atoms with van der Waals surface area (Å²) in [5.74, 6) is 0. The van der Waals surface area contributed by atoms with Gasteiger partial charge in [-0.3, -0.25) is 4.99 Å². The van der Waals surface area contributed by atoms with E-state index in [0.717, 1.165) is 13.0 Å². The van der Waals surface area contributed by atoms with E-state index in [2.05, 4.69) is 16.4 Å². The van der Waals surface area contributed by atoms with Crippen LogP contribution < -0.4 is 5.32 Å². The third-order valence-corrected chi connectivity index (χ3v) is 1.84. The molecular weight excluding hydrogens is 124 g/mol. The smallest absolute Gasteiger partial charge is 0.0910 e. The van der Waals surface area contributed by atoms with E-state index < -0.39 is 0 Å². The van der Waals surface area contributed by atoms with Crippen LogP contribution in [0.3, 0.4) is 0 Å². The summed E-state index contributed by atoms with van der Waals surface area (Å²) in [4.78, 5) is 4.34. The van der Waals surface area contributed by atoms with E-state index in [9.17, 15) is 0 Å². The molecule has 1 atom stereocenters. The molecule has 0 amide bonds. The molecule has 0 aliphatic carbocycles. The fraction of sp³-hybridized carbons (Fsp3) is 0.375. The van der Waals surface area contributed by atoms with Crippen LogP contribution >= 0.6 is 0 Å². The highest BCUT2D eigenvalue weighted by atomic mass is 15.0. The largest absolute Gasteiger partial charge is 0.386 e. The van der Waals surface area contributed by atoms with E-state index in [-0.39, 0.29) is 0 Å². The zero-order chi connectivity index (χ0) is 6.81. The van der Waals surface area contributed by atoms with Crippen LogP contribution in [0.4, 0.5) is 0 Å². The van der Waals surface area contributed by atoms with Crippen molar-refractivity contribution >= 4 is 6.21 Å². The molecule has 0 aromatic rings. The van der Waals surface area contributed by atoms with Gasteiger partial charge >= 0.3 is 0 Å². The first-order valence-electron chi connectivity index (χ1n) is 3.61. The average molecular weight is 134 g/mol. The van der Waals surface area contributed by atoms with Gasteiger partial charge in [-0.25, -0.2) is 0 Å². The van der Waals surface area contributed by atoms with Crippen LogP contribution in [0.2, 0.25) is 0 Å². The Morgan fingerprint density at radius 3 is 3.50 bits per heavy atom. The van der Waals surface area contributed by atoms with Crippen LogP contribution in [0.1, 0.15) is 6.42 Å². The van der Waals surface area contributed by atoms with Gasteiger partial charge in [0.1, 0.15) is 0 Å². The van der Waals surface area contributed by atoms with Gasteiger partial charge in [-0.15, -0.1) is 0 Å². The first kappa shape index (κ1) is 5.71. The second-order valence-corrected chi connectivity index (χ2v) is 2.54. The molecule has 2 heterocycles. The van der Waals surface area contributed by atoms with E-state index in [1.54, 1.807) is 0 Å². The second kappa shape index (κ2) is 2.29. The lowest BCUT2D eigenvalue weighted by molar-refractivity contribution is 0.809. The number of fused-ring (bicyclic) bond motifs is 1. The molecule has 1 N–H and O–H groups in total. The Labute approximate surface area is 60.3 Å². The number of nitrogens with one attached hydrogen (secondary N) is 1. The summed E-state index contributed by atoms with van der Waals surface area (Å²) < 4.78 is 0. The van der Waals surface area contributed by atoms with Crippen LogP contribution in [0.15, 0.2) is 28.9 Å². The molecule has 1 saturated heterocycles. The van der Waals surface area contributed by atoms with Crippen LogP contribution in [-0.2, 0) is 0 Å². The maximum atomic E-state index is 4.34. The van der Waals surface area contributed by atoms with Gasteiger partial charge < -0.3 is 5.32 Å². The lowest BCUT2D eigenvalue weighted by atomic mass is 10.2. The Morgan fingerprint density at radius 2 is 2.50 bits per heavy atom. The van der Waals surface area contributed by atoms with Gasteiger partial charge in [0.15, 0.2) is 0 Å². The number of hydrogen-bond acceptors (Lipinski definition) is 2. The topological polar surface area (TPSA) is 24.4 Å². The lowest BCUT2D eigenvalue weighted by Gasteiger charge is -2.01. The summed E-state index contributed by atoms with van der Waals surface area (Å²) in [5, 5.41) is 3.29. The van der Waals surface area contributed by atoms with E-state index in [0.29, 0.717) is 6.04 Å². The molecule has 0 bridgehead atoms. The molecule has 1 unspecified atom stereocenters. The molecule has 0 spiro atoms. The van der Waals surface area contributed by atoms with Crippen molar-refractivity contribution in [3.05, 3.63) is 23.9 Å². The van der Waals surface area contributed by atoms with Crippen LogP contribution in [0.25, 0.3) is 0 Å². The Hall–Kier alpha value is -1.05. The first-order chi connectivity index (χ1) is 4.97. The van der Waals surface area contributed by atoms with E-state index >= 15 is 0 Å². The minimum Gasteiger partial charge on any atom is -0.386 e. The maximum absolute atomic E-state index is 4.34. The molecule has 2 aliphatic rings. The fourth-order valence-electron chi connectivity index (χ4n) is 1.31. The molecule has 2 nitrogen and oxygen atoms in total. The van der Waals surface area contributed by atoms with E-state index in [1.165, 1.54) is 5.70 Å². The van der Waals surface area contributed by atoms with Crippen molar-refractivity contribution in [1.29, 1.82) is 0 Å². The second-order valence-electron chi connectivity index (χ2n) is 2.54. The van der Waals surface area contributed by atoms with Crippen molar-refractivity contribution in [3.8, 4) is 0 Å². The third kappa shape index (κ3) is 0.856. The first-order valence-corrected chi connectivity index (χ1v) is 3.61. The monoisotopic (exact) mass is 134 g/mol. The van der Waals surface area contributed by atoms with Crippen LogP contribution in [-0.4, -0.2) is 18.8 Å². The Bertz CT molecular complexity index is 213. The fourth-order valence-corrected chi connectivity index (χ4v) is 1.31. The predicted molar refractivity (Wildman–Crippen MR) is 42.1 cm³/mol. The number of nitrogens with zero attached hydrogens (tertiary/aromatic N) is 1.